The lowest BCUT2D eigenvalue weighted by atomic mass is 9.96. The first-order valence-electron chi connectivity index (χ1n) is 7.19. The minimum absolute atomic E-state index is 0.0910. The van der Waals surface area contributed by atoms with E-state index in [1.807, 2.05) is 30.3 Å². The molecule has 2 atom stereocenters. The van der Waals surface area contributed by atoms with Crippen LogP contribution in [0.15, 0.2) is 54.6 Å². The van der Waals surface area contributed by atoms with E-state index < -0.39 is 5.41 Å². The van der Waals surface area contributed by atoms with Crippen LogP contribution >= 0.6 is 0 Å². The lowest BCUT2D eigenvalue weighted by molar-refractivity contribution is -0.110. The van der Waals surface area contributed by atoms with Crippen molar-refractivity contribution < 1.29 is 14.3 Å². The number of carbonyl (C=O) groups is 2. The van der Waals surface area contributed by atoms with E-state index in [1.165, 1.54) is 0 Å². The number of hydrogen-bond donors (Lipinski definition) is 1. The first-order chi connectivity index (χ1) is 10.7. The summed E-state index contributed by atoms with van der Waals surface area (Å²) in [6.07, 6.45) is 1.63. The number of nitrogens with two attached hydrogens (primary N) is 1. The van der Waals surface area contributed by atoms with Crippen molar-refractivity contribution in [2.45, 2.75) is 24.5 Å². The van der Waals surface area contributed by atoms with Gasteiger partial charge in [-0.3, -0.25) is 0 Å². The molecule has 2 aromatic rings. The molecule has 3 rings (SSSR count). The van der Waals surface area contributed by atoms with Gasteiger partial charge in [0.25, 0.3) is 0 Å². The summed E-state index contributed by atoms with van der Waals surface area (Å²) in [6.45, 7) is 0.203. The van der Waals surface area contributed by atoms with Gasteiger partial charge in [0.05, 0.1) is 11.0 Å². The highest BCUT2D eigenvalue weighted by atomic mass is 16.5. The van der Waals surface area contributed by atoms with Gasteiger partial charge in [-0.05, 0) is 29.7 Å². The van der Waals surface area contributed by atoms with E-state index in [4.69, 9.17) is 10.5 Å². The maximum absolute atomic E-state index is 11.9. The molecule has 112 valence electrons. The van der Waals surface area contributed by atoms with Gasteiger partial charge in [-0.2, -0.15) is 0 Å². The molecule has 4 heteroatoms. The zero-order valence-electron chi connectivity index (χ0n) is 12.1. The Balaban J connectivity index is 1.63. The fraction of sp³-hybridized carbons (Fsp3) is 0.222. The zero-order chi connectivity index (χ0) is 15.6. The molecule has 1 aliphatic rings. The molecule has 1 aliphatic carbocycles. The van der Waals surface area contributed by atoms with Crippen LogP contribution < -0.4 is 5.73 Å². The van der Waals surface area contributed by atoms with Gasteiger partial charge in [0.1, 0.15) is 12.9 Å². The van der Waals surface area contributed by atoms with Crippen molar-refractivity contribution in [1.82, 2.24) is 0 Å². The minimum atomic E-state index is -0.515. The summed E-state index contributed by atoms with van der Waals surface area (Å²) in [5.74, 6) is -0.349. The minimum Gasteiger partial charge on any atom is -0.457 e. The summed E-state index contributed by atoms with van der Waals surface area (Å²) >= 11 is 0. The Kier molecular flexibility index (Phi) is 3.77. The number of carbonyl (C=O) groups excluding carboxylic acids is 2. The SMILES string of the molecule is NC1CC1(C=O)c1ccc(COC(=O)c2ccccc2)cc1. The van der Waals surface area contributed by atoms with Crippen molar-refractivity contribution in [3.05, 3.63) is 71.3 Å². The van der Waals surface area contributed by atoms with Gasteiger partial charge < -0.3 is 15.3 Å². The summed E-state index contributed by atoms with van der Waals surface area (Å²) in [6, 6.07) is 16.3. The van der Waals surface area contributed by atoms with Crippen LogP contribution in [0.3, 0.4) is 0 Å². The van der Waals surface area contributed by atoms with E-state index in [-0.39, 0.29) is 18.6 Å². The van der Waals surface area contributed by atoms with E-state index in [2.05, 4.69) is 0 Å². The Bertz CT molecular complexity index is 681. The van der Waals surface area contributed by atoms with E-state index in [1.54, 1.807) is 24.3 Å². The highest BCUT2D eigenvalue weighted by Gasteiger charge is 2.53. The van der Waals surface area contributed by atoms with Gasteiger partial charge in [-0.25, -0.2) is 4.79 Å². The second-order valence-electron chi connectivity index (χ2n) is 5.61. The fourth-order valence-electron chi connectivity index (χ4n) is 2.56. The lowest BCUT2D eigenvalue weighted by Crippen LogP contribution is -2.19. The van der Waals surface area contributed by atoms with Gasteiger partial charge in [0.15, 0.2) is 0 Å². The van der Waals surface area contributed by atoms with Crippen LogP contribution in [-0.4, -0.2) is 18.3 Å². The molecule has 4 nitrogen and oxygen atoms in total. The number of esters is 1. The van der Waals surface area contributed by atoms with Gasteiger partial charge in [0, 0.05) is 6.04 Å². The zero-order valence-corrected chi connectivity index (χ0v) is 12.1. The molecule has 2 N–H and O–H groups in total. The Morgan fingerprint density at radius 1 is 1.18 bits per heavy atom. The largest absolute Gasteiger partial charge is 0.457 e. The van der Waals surface area contributed by atoms with Crippen LogP contribution in [0.2, 0.25) is 0 Å². The molecule has 0 radical (unpaired) electrons. The molecular weight excluding hydrogens is 278 g/mol. The molecule has 0 aromatic heterocycles. The van der Waals surface area contributed by atoms with Crippen molar-refractivity contribution in [3.8, 4) is 0 Å². The lowest BCUT2D eigenvalue weighted by Gasteiger charge is -2.10. The Morgan fingerprint density at radius 3 is 2.36 bits per heavy atom. The molecule has 1 fully saturated rings. The molecule has 0 saturated heterocycles. The summed E-state index contributed by atoms with van der Waals surface area (Å²) in [5, 5.41) is 0. The Labute approximate surface area is 128 Å². The molecule has 2 unspecified atom stereocenters. The van der Waals surface area contributed by atoms with Crippen molar-refractivity contribution in [1.29, 1.82) is 0 Å². The van der Waals surface area contributed by atoms with Crippen LogP contribution in [0.5, 0.6) is 0 Å². The van der Waals surface area contributed by atoms with E-state index in [0.29, 0.717) is 12.0 Å². The van der Waals surface area contributed by atoms with E-state index >= 15 is 0 Å². The van der Waals surface area contributed by atoms with E-state index in [0.717, 1.165) is 17.4 Å². The third kappa shape index (κ3) is 2.65. The second-order valence-corrected chi connectivity index (χ2v) is 5.61. The monoisotopic (exact) mass is 295 g/mol. The van der Waals surface area contributed by atoms with Crippen molar-refractivity contribution in [2.75, 3.05) is 0 Å². The Morgan fingerprint density at radius 2 is 1.82 bits per heavy atom. The average Bonchev–Trinajstić information content (AvgIpc) is 3.25. The topological polar surface area (TPSA) is 69.4 Å². The highest BCUT2D eigenvalue weighted by molar-refractivity contribution is 5.89. The second kappa shape index (κ2) is 5.73. The highest BCUT2D eigenvalue weighted by Crippen LogP contribution is 2.44. The summed E-state index contributed by atoms with van der Waals surface area (Å²) in [5.41, 5.74) is 7.66. The van der Waals surface area contributed by atoms with Gasteiger partial charge in [-0.1, -0.05) is 42.5 Å². The van der Waals surface area contributed by atoms with Crippen LogP contribution in [0.4, 0.5) is 0 Å². The standard InChI is InChI=1S/C18H17NO3/c19-16-10-18(16,12-20)15-8-6-13(7-9-15)11-22-17(21)14-4-2-1-3-5-14/h1-9,12,16H,10-11,19H2. The molecule has 0 aliphatic heterocycles. The maximum atomic E-state index is 11.9. The van der Waals surface area contributed by atoms with Crippen LogP contribution in [-0.2, 0) is 21.6 Å². The predicted molar refractivity (Wildman–Crippen MR) is 82.3 cm³/mol. The smallest absolute Gasteiger partial charge is 0.338 e. The fourth-order valence-corrected chi connectivity index (χ4v) is 2.56. The molecule has 0 amide bonds. The number of benzene rings is 2. The first kappa shape index (κ1) is 14.5. The van der Waals surface area contributed by atoms with Crippen LogP contribution in [0, 0.1) is 0 Å². The number of ether oxygens (including phenoxy) is 1. The van der Waals surface area contributed by atoms with Crippen molar-refractivity contribution >= 4 is 12.3 Å². The van der Waals surface area contributed by atoms with Crippen LogP contribution in [0.1, 0.15) is 27.9 Å². The summed E-state index contributed by atoms with van der Waals surface area (Å²) in [7, 11) is 0. The number of hydrogen-bond acceptors (Lipinski definition) is 4. The molecule has 0 bridgehead atoms. The van der Waals surface area contributed by atoms with E-state index in [9.17, 15) is 9.59 Å². The van der Waals surface area contributed by atoms with Crippen molar-refractivity contribution in [3.63, 3.8) is 0 Å². The number of rotatable bonds is 5. The predicted octanol–water partition coefficient (Wildman–Crippen LogP) is 2.21. The average molecular weight is 295 g/mol. The third-order valence-electron chi connectivity index (χ3n) is 4.14. The molecular formula is C18H17NO3. The van der Waals surface area contributed by atoms with Crippen molar-refractivity contribution in [2.24, 2.45) is 5.73 Å². The summed E-state index contributed by atoms with van der Waals surface area (Å²) < 4.78 is 5.27. The summed E-state index contributed by atoms with van der Waals surface area (Å²) in [4.78, 5) is 23.1. The molecule has 22 heavy (non-hydrogen) atoms. The Hall–Kier alpha value is -2.46. The van der Waals surface area contributed by atoms with Gasteiger partial charge in [-0.15, -0.1) is 0 Å². The molecule has 2 aromatic carbocycles. The third-order valence-corrected chi connectivity index (χ3v) is 4.14. The quantitative estimate of drug-likeness (QED) is 0.678. The number of aldehydes is 1. The normalized spacial score (nSPS) is 22.9. The first-order valence-corrected chi connectivity index (χ1v) is 7.19. The van der Waals surface area contributed by atoms with Gasteiger partial charge >= 0.3 is 5.97 Å². The van der Waals surface area contributed by atoms with Gasteiger partial charge in [0.2, 0.25) is 0 Å². The molecule has 1 saturated carbocycles. The molecule has 0 spiro atoms. The molecule has 0 heterocycles. The maximum Gasteiger partial charge on any atom is 0.338 e. The van der Waals surface area contributed by atoms with Crippen LogP contribution in [0.25, 0.3) is 0 Å².